The van der Waals surface area contributed by atoms with E-state index in [0.29, 0.717) is 17.6 Å². The molecule has 1 saturated carbocycles. The number of aromatic nitrogens is 2. The molecular formula is C12H19N3O. The Bertz CT molecular complexity index is 380. The van der Waals surface area contributed by atoms with E-state index in [1.54, 1.807) is 6.07 Å². The molecule has 1 aliphatic rings. The van der Waals surface area contributed by atoms with Gasteiger partial charge < -0.3 is 10.5 Å². The summed E-state index contributed by atoms with van der Waals surface area (Å²) in [4.78, 5) is 8.63. The van der Waals surface area contributed by atoms with Crippen molar-refractivity contribution in [3.63, 3.8) is 0 Å². The van der Waals surface area contributed by atoms with E-state index < -0.39 is 0 Å². The molecule has 1 aliphatic carbocycles. The van der Waals surface area contributed by atoms with E-state index >= 15 is 0 Å². The Balaban J connectivity index is 2.14. The van der Waals surface area contributed by atoms with Crippen molar-refractivity contribution in [3.05, 3.63) is 11.9 Å². The second-order valence-electron chi connectivity index (χ2n) is 5.46. The summed E-state index contributed by atoms with van der Waals surface area (Å²) in [6.07, 6.45) is 2.54. The molecule has 0 amide bonds. The van der Waals surface area contributed by atoms with Crippen molar-refractivity contribution in [3.8, 4) is 5.88 Å². The zero-order valence-electron chi connectivity index (χ0n) is 10.2. The highest BCUT2D eigenvalue weighted by atomic mass is 16.5. The lowest BCUT2D eigenvalue weighted by Crippen LogP contribution is -2.17. The van der Waals surface area contributed by atoms with E-state index in [1.807, 2.05) is 0 Å². The lowest BCUT2D eigenvalue weighted by Gasteiger charge is -2.17. The molecule has 1 aromatic heterocycles. The molecule has 1 aromatic rings. The topological polar surface area (TPSA) is 61.0 Å². The van der Waals surface area contributed by atoms with Crippen molar-refractivity contribution in [1.29, 1.82) is 0 Å². The highest BCUT2D eigenvalue weighted by Gasteiger charge is 2.23. The van der Waals surface area contributed by atoms with Crippen LogP contribution in [0.5, 0.6) is 5.88 Å². The molecule has 4 nitrogen and oxygen atoms in total. The van der Waals surface area contributed by atoms with Gasteiger partial charge in [0.05, 0.1) is 6.61 Å². The number of hydrogen-bond acceptors (Lipinski definition) is 4. The molecular weight excluding hydrogens is 202 g/mol. The Kier molecular flexibility index (Phi) is 2.74. The van der Waals surface area contributed by atoms with Crippen LogP contribution in [0.1, 0.15) is 39.4 Å². The maximum atomic E-state index is 5.75. The van der Waals surface area contributed by atoms with Crippen LogP contribution in [-0.2, 0) is 5.41 Å². The van der Waals surface area contributed by atoms with Crippen molar-refractivity contribution in [2.45, 2.75) is 39.0 Å². The van der Waals surface area contributed by atoms with Gasteiger partial charge in [-0.25, -0.2) is 4.98 Å². The SMILES string of the molecule is CC(C)(C)c1nc(N)cc(OCC2CC2)n1. The van der Waals surface area contributed by atoms with Crippen molar-refractivity contribution in [2.75, 3.05) is 12.3 Å². The Labute approximate surface area is 96.2 Å². The average molecular weight is 221 g/mol. The first kappa shape index (κ1) is 11.2. The van der Waals surface area contributed by atoms with E-state index in [0.717, 1.165) is 12.4 Å². The number of nitrogen functional groups attached to an aromatic ring is 1. The van der Waals surface area contributed by atoms with Gasteiger partial charge in [0.25, 0.3) is 0 Å². The first-order valence-electron chi connectivity index (χ1n) is 5.73. The lowest BCUT2D eigenvalue weighted by atomic mass is 9.96. The van der Waals surface area contributed by atoms with Crippen LogP contribution in [0.4, 0.5) is 5.82 Å². The van der Waals surface area contributed by atoms with Gasteiger partial charge in [-0.2, -0.15) is 4.98 Å². The van der Waals surface area contributed by atoms with Gasteiger partial charge in [0.2, 0.25) is 5.88 Å². The molecule has 1 heterocycles. The molecule has 16 heavy (non-hydrogen) atoms. The van der Waals surface area contributed by atoms with Crippen LogP contribution >= 0.6 is 0 Å². The predicted octanol–water partition coefficient (Wildman–Crippen LogP) is 2.15. The molecule has 0 aliphatic heterocycles. The molecule has 0 radical (unpaired) electrons. The van der Waals surface area contributed by atoms with Gasteiger partial charge in [0, 0.05) is 11.5 Å². The zero-order valence-corrected chi connectivity index (χ0v) is 10.2. The molecule has 1 fully saturated rings. The van der Waals surface area contributed by atoms with E-state index in [2.05, 4.69) is 30.7 Å². The molecule has 0 spiro atoms. The standard InChI is InChI=1S/C12H19N3O/c1-12(2,3)11-14-9(13)6-10(15-11)16-7-8-4-5-8/h6,8H,4-5,7H2,1-3H3,(H2,13,14,15). The highest BCUT2D eigenvalue weighted by molar-refractivity contribution is 5.34. The van der Waals surface area contributed by atoms with Crippen molar-refractivity contribution in [1.82, 2.24) is 9.97 Å². The Hall–Kier alpha value is -1.32. The molecule has 2 rings (SSSR count). The molecule has 0 unspecified atom stereocenters. The van der Waals surface area contributed by atoms with Gasteiger partial charge in [-0.3, -0.25) is 0 Å². The smallest absolute Gasteiger partial charge is 0.218 e. The zero-order chi connectivity index (χ0) is 11.8. The van der Waals surface area contributed by atoms with Crippen LogP contribution in [0.25, 0.3) is 0 Å². The van der Waals surface area contributed by atoms with Crippen LogP contribution in [0.15, 0.2) is 6.07 Å². The van der Waals surface area contributed by atoms with Crippen LogP contribution in [0, 0.1) is 5.92 Å². The summed E-state index contributed by atoms with van der Waals surface area (Å²) in [6, 6.07) is 1.69. The third-order valence-corrected chi connectivity index (χ3v) is 2.56. The fourth-order valence-corrected chi connectivity index (χ4v) is 1.34. The Morgan fingerprint density at radius 3 is 2.62 bits per heavy atom. The molecule has 88 valence electrons. The fraction of sp³-hybridized carbons (Fsp3) is 0.667. The summed E-state index contributed by atoms with van der Waals surface area (Å²) < 4.78 is 5.62. The first-order valence-corrected chi connectivity index (χ1v) is 5.73. The summed E-state index contributed by atoms with van der Waals surface area (Å²) in [5.74, 6) is 2.53. The minimum atomic E-state index is -0.104. The summed E-state index contributed by atoms with van der Waals surface area (Å²) >= 11 is 0. The second-order valence-corrected chi connectivity index (χ2v) is 5.46. The third kappa shape index (κ3) is 2.84. The number of anilines is 1. The number of ether oxygens (including phenoxy) is 1. The van der Waals surface area contributed by atoms with Gasteiger partial charge in [-0.1, -0.05) is 20.8 Å². The van der Waals surface area contributed by atoms with Gasteiger partial charge in [0.1, 0.15) is 11.6 Å². The Morgan fingerprint density at radius 1 is 1.38 bits per heavy atom. The maximum absolute atomic E-state index is 5.75. The van der Waals surface area contributed by atoms with Gasteiger partial charge in [-0.05, 0) is 18.8 Å². The summed E-state index contributed by atoms with van der Waals surface area (Å²) in [6.45, 7) is 6.94. The van der Waals surface area contributed by atoms with Crippen LogP contribution in [0.3, 0.4) is 0 Å². The summed E-state index contributed by atoms with van der Waals surface area (Å²) in [7, 11) is 0. The number of nitrogens with two attached hydrogens (primary N) is 1. The average Bonchev–Trinajstić information content (AvgIpc) is 2.96. The van der Waals surface area contributed by atoms with Crippen molar-refractivity contribution < 1.29 is 4.74 Å². The largest absolute Gasteiger partial charge is 0.477 e. The van der Waals surface area contributed by atoms with Crippen LogP contribution < -0.4 is 10.5 Å². The summed E-state index contributed by atoms with van der Waals surface area (Å²) in [5.41, 5.74) is 5.64. The number of hydrogen-bond donors (Lipinski definition) is 1. The van der Waals surface area contributed by atoms with Gasteiger partial charge >= 0.3 is 0 Å². The number of nitrogens with zero attached hydrogens (tertiary/aromatic N) is 2. The molecule has 2 N–H and O–H groups in total. The molecule has 0 atom stereocenters. The quantitative estimate of drug-likeness (QED) is 0.849. The third-order valence-electron chi connectivity index (χ3n) is 2.56. The molecule has 4 heteroatoms. The predicted molar refractivity (Wildman–Crippen MR) is 63.4 cm³/mol. The molecule has 0 aromatic carbocycles. The minimum absolute atomic E-state index is 0.104. The van der Waals surface area contributed by atoms with E-state index in [9.17, 15) is 0 Å². The van der Waals surface area contributed by atoms with Crippen molar-refractivity contribution in [2.24, 2.45) is 5.92 Å². The van der Waals surface area contributed by atoms with E-state index in [-0.39, 0.29) is 5.41 Å². The van der Waals surface area contributed by atoms with Crippen LogP contribution in [-0.4, -0.2) is 16.6 Å². The van der Waals surface area contributed by atoms with Crippen LogP contribution in [0.2, 0.25) is 0 Å². The molecule has 0 saturated heterocycles. The maximum Gasteiger partial charge on any atom is 0.218 e. The summed E-state index contributed by atoms with van der Waals surface area (Å²) in [5, 5.41) is 0. The fourth-order valence-electron chi connectivity index (χ4n) is 1.34. The first-order chi connectivity index (χ1) is 7.45. The van der Waals surface area contributed by atoms with E-state index in [1.165, 1.54) is 12.8 Å². The minimum Gasteiger partial charge on any atom is -0.477 e. The monoisotopic (exact) mass is 221 g/mol. The number of rotatable bonds is 3. The second kappa shape index (κ2) is 3.92. The van der Waals surface area contributed by atoms with Gasteiger partial charge in [-0.15, -0.1) is 0 Å². The highest BCUT2D eigenvalue weighted by Crippen LogP contribution is 2.30. The van der Waals surface area contributed by atoms with Crippen molar-refractivity contribution >= 4 is 5.82 Å². The molecule has 0 bridgehead atoms. The Morgan fingerprint density at radius 2 is 2.06 bits per heavy atom. The van der Waals surface area contributed by atoms with Gasteiger partial charge in [0.15, 0.2) is 0 Å². The van der Waals surface area contributed by atoms with E-state index in [4.69, 9.17) is 10.5 Å². The normalized spacial score (nSPS) is 16.2. The lowest BCUT2D eigenvalue weighted by molar-refractivity contribution is 0.285.